The fraction of sp³-hybridized carbons (Fsp3) is 1.00. The van der Waals surface area contributed by atoms with E-state index in [4.69, 9.17) is 24.1 Å². The Balaban J connectivity index is 4.39. The molecule has 0 nitrogen and oxygen atoms in total. The predicted octanol–water partition coefficient (Wildman–Crippen LogP) is 4.94. The lowest BCUT2D eigenvalue weighted by Gasteiger charge is -2.25. The van der Waals surface area contributed by atoms with Crippen LogP contribution in [0, 0.1) is 0 Å². The van der Waals surface area contributed by atoms with E-state index >= 15 is 0 Å². The summed E-state index contributed by atoms with van der Waals surface area (Å²) in [6, 6.07) is -1.01. The van der Waals surface area contributed by atoms with Crippen LogP contribution in [0.4, 0.5) is 0 Å². The van der Waals surface area contributed by atoms with Gasteiger partial charge in [0, 0.05) is 18.2 Å². The van der Waals surface area contributed by atoms with Gasteiger partial charge in [0.25, 0.3) is 0 Å². The van der Waals surface area contributed by atoms with Gasteiger partial charge in [0.1, 0.15) is 0 Å². The highest BCUT2D eigenvalue weighted by molar-refractivity contribution is 8.53. The van der Waals surface area contributed by atoms with Crippen molar-refractivity contribution in [2.45, 2.75) is 0 Å². The third kappa shape index (κ3) is 12.5. The molecule has 6 heteroatoms. The van der Waals surface area contributed by atoms with Gasteiger partial charge in [0.2, 0.25) is 0 Å². The zero-order valence-electron chi connectivity index (χ0n) is 10.8. The van der Waals surface area contributed by atoms with Gasteiger partial charge in [0.15, 0.2) is 0 Å². The van der Waals surface area contributed by atoms with E-state index < -0.39 is 12.5 Å². The molecule has 0 aliphatic heterocycles. The van der Waals surface area contributed by atoms with E-state index in [0.717, 1.165) is 0 Å². The highest BCUT2D eigenvalue weighted by atomic mass is 32.7. The van der Waals surface area contributed by atoms with Crippen LogP contribution in [-0.4, -0.2) is 57.7 Å². The highest BCUT2D eigenvalue weighted by Gasteiger charge is 2.27. The first-order chi connectivity index (χ1) is 6.49. The van der Waals surface area contributed by atoms with Gasteiger partial charge in [-0.05, 0) is 38.6 Å². The van der Waals surface area contributed by atoms with Crippen LogP contribution in [-0.2, 0) is 11.8 Å². The molecule has 0 amide bonds. The van der Waals surface area contributed by atoms with Gasteiger partial charge in [-0.2, -0.15) is 0 Å². The average molecular weight is 321 g/mol. The normalized spacial score (nSPS) is 15.7. The summed E-state index contributed by atoms with van der Waals surface area (Å²) in [5, 5.41) is 0. The van der Waals surface area contributed by atoms with Crippen LogP contribution in [0.1, 0.15) is 0 Å². The molecule has 1 unspecified atom stereocenters. The SMILES string of the molecule is CP(C)CP(CP(C)(C)=S)C[P+](C)(C)S. The smallest absolute Gasteiger partial charge is 0.0878 e. The molecule has 0 aliphatic rings. The van der Waals surface area contributed by atoms with Crippen LogP contribution in [0.25, 0.3) is 0 Å². The molecule has 1 atom stereocenters. The van der Waals surface area contributed by atoms with E-state index in [1.165, 1.54) is 17.7 Å². The van der Waals surface area contributed by atoms with E-state index in [0.29, 0.717) is 0 Å². The van der Waals surface area contributed by atoms with Gasteiger partial charge >= 0.3 is 0 Å². The van der Waals surface area contributed by atoms with Crippen molar-refractivity contribution in [1.29, 1.82) is 0 Å². The number of hydrogen-bond donors (Lipinski definition) is 1. The zero-order valence-corrected chi connectivity index (χ0v) is 16.1. The minimum absolute atomic E-state index is 0.171. The largest absolute Gasteiger partial charge is 0.109 e. The first kappa shape index (κ1) is 17.3. The summed E-state index contributed by atoms with van der Waals surface area (Å²) >= 11 is 10.4. The van der Waals surface area contributed by atoms with Crippen molar-refractivity contribution in [2.24, 2.45) is 0 Å². The summed E-state index contributed by atoms with van der Waals surface area (Å²) in [5.41, 5.74) is 0. The molecular weight excluding hydrogens is 296 g/mol. The molecule has 0 rings (SSSR count). The topological polar surface area (TPSA) is 0 Å². The van der Waals surface area contributed by atoms with Gasteiger partial charge in [-0.3, -0.25) is 0 Å². The quantitative estimate of drug-likeness (QED) is 0.534. The van der Waals surface area contributed by atoms with Crippen LogP contribution < -0.4 is 0 Å². The van der Waals surface area contributed by atoms with Crippen molar-refractivity contribution < 1.29 is 0 Å². The summed E-state index contributed by atoms with van der Waals surface area (Å²) in [6.07, 6.45) is 0. The Bertz CT molecular complexity index is 229. The second-order valence-corrected chi connectivity index (χ2v) is 24.9. The van der Waals surface area contributed by atoms with Gasteiger partial charge in [-0.1, -0.05) is 19.7 Å². The molecule has 92 valence electrons. The molecule has 0 heterocycles. The minimum Gasteiger partial charge on any atom is -0.109 e. The second-order valence-electron chi connectivity index (χ2n) is 5.37. The molecule has 0 aliphatic carbocycles. The second kappa shape index (κ2) is 7.02. The maximum Gasteiger partial charge on any atom is 0.0878 e. The Hall–Kier alpha value is 2.29. The Morgan fingerprint density at radius 2 is 1.73 bits per heavy atom. The van der Waals surface area contributed by atoms with Crippen molar-refractivity contribution in [3.8, 4) is 0 Å². The predicted molar refractivity (Wildman–Crippen MR) is 94.2 cm³/mol. The molecule has 0 N–H and O–H groups in total. The van der Waals surface area contributed by atoms with E-state index in [1.54, 1.807) is 0 Å². The average Bonchev–Trinajstić information content (AvgIpc) is 1.73. The van der Waals surface area contributed by atoms with Crippen molar-refractivity contribution in [1.82, 2.24) is 0 Å². The number of rotatable bonds is 6. The zero-order chi connectivity index (χ0) is 12.3. The Morgan fingerprint density at radius 3 is 2.00 bits per heavy atom. The fourth-order valence-corrected chi connectivity index (χ4v) is 19.0. The van der Waals surface area contributed by atoms with Gasteiger partial charge in [0.05, 0.1) is 25.7 Å². The summed E-state index contributed by atoms with van der Waals surface area (Å²) in [6.45, 7) is 13.2. The Morgan fingerprint density at radius 1 is 1.27 bits per heavy atom. The lowest BCUT2D eigenvalue weighted by Crippen LogP contribution is -1.96. The third-order valence-corrected chi connectivity index (χ3v) is 16.3. The summed E-state index contributed by atoms with van der Waals surface area (Å²) in [5.74, 6) is 4.18. The Kier molecular flexibility index (Phi) is 8.09. The van der Waals surface area contributed by atoms with E-state index in [1.807, 2.05) is 0 Å². The summed E-state index contributed by atoms with van der Waals surface area (Å²) in [4.78, 5) is 0. The highest BCUT2D eigenvalue weighted by Crippen LogP contribution is 2.69. The lowest BCUT2D eigenvalue weighted by atomic mass is 11.8. The maximum atomic E-state index is 5.63. The minimum atomic E-state index is -1.01. The van der Waals surface area contributed by atoms with Crippen LogP contribution in [0.3, 0.4) is 0 Å². The fourth-order valence-electron chi connectivity index (χ4n) is 1.51. The third-order valence-electron chi connectivity index (χ3n) is 1.57. The first-order valence-corrected chi connectivity index (χ1v) is 17.2. The molecule has 0 radical (unpaired) electrons. The lowest BCUT2D eigenvalue weighted by molar-refractivity contribution is 1.82. The van der Waals surface area contributed by atoms with E-state index in [9.17, 15) is 0 Å². The molecule has 0 fully saturated rings. The molecule has 0 aromatic rings. The first-order valence-electron chi connectivity index (χ1n) is 4.96. The van der Waals surface area contributed by atoms with Crippen LogP contribution >= 0.6 is 40.6 Å². The molecule has 0 bridgehead atoms. The van der Waals surface area contributed by atoms with Crippen LogP contribution in [0.15, 0.2) is 0 Å². The molecule has 0 saturated carbocycles. The molecule has 0 spiro atoms. The summed E-state index contributed by atoms with van der Waals surface area (Å²) in [7, 11) is 0.409. The molecular formula is C9H25P4S2+. The maximum absolute atomic E-state index is 5.63. The standard InChI is InChI=1S/C9H25P4S2/c1-10(2)7-11(8-12(3,4)14)9-13(5,6)15/h14H,7-9H2,1-6H3/q+1. The van der Waals surface area contributed by atoms with Crippen molar-refractivity contribution in [3.63, 3.8) is 0 Å². The molecule has 0 aromatic heterocycles. The van der Waals surface area contributed by atoms with Crippen LogP contribution in [0.2, 0.25) is 0 Å². The van der Waals surface area contributed by atoms with Crippen molar-refractivity contribution in [2.75, 3.05) is 57.7 Å². The molecule has 15 heavy (non-hydrogen) atoms. The number of hydrogen-bond acceptors (Lipinski definition) is 2. The van der Waals surface area contributed by atoms with E-state index in [-0.39, 0.29) is 15.8 Å². The van der Waals surface area contributed by atoms with Crippen LogP contribution in [0.5, 0.6) is 0 Å². The molecule has 0 saturated heterocycles. The number of thiol groups is 1. The van der Waals surface area contributed by atoms with Gasteiger partial charge in [-0.15, -0.1) is 7.92 Å². The van der Waals surface area contributed by atoms with Gasteiger partial charge in [-0.25, -0.2) is 0 Å². The summed E-state index contributed by atoms with van der Waals surface area (Å²) < 4.78 is 0. The Labute approximate surface area is 110 Å². The molecule has 0 aromatic carbocycles. The monoisotopic (exact) mass is 321 g/mol. The van der Waals surface area contributed by atoms with Gasteiger partial charge < -0.3 is 0 Å². The van der Waals surface area contributed by atoms with Crippen molar-refractivity contribution in [3.05, 3.63) is 0 Å². The van der Waals surface area contributed by atoms with Crippen molar-refractivity contribution >= 4 is 52.4 Å². The van der Waals surface area contributed by atoms with E-state index in [2.05, 4.69) is 40.0 Å².